The van der Waals surface area contributed by atoms with Crippen molar-refractivity contribution in [3.63, 3.8) is 0 Å². The number of halogens is 2. The average Bonchev–Trinajstić information content (AvgIpc) is 2.35. The van der Waals surface area contributed by atoms with Crippen LogP contribution < -0.4 is 5.32 Å². The third-order valence-corrected chi connectivity index (χ3v) is 4.13. The quantitative estimate of drug-likeness (QED) is 0.923. The Morgan fingerprint density at radius 3 is 2.82 bits per heavy atom. The summed E-state index contributed by atoms with van der Waals surface area (Å²) in [5, 5.41) is 3.36. The van der Waals surface area contributed by atoms with Crippen molar-refractivity contribution in [2.24, 2.45) is 0 Å². The second-order valence-electron chi connectivity index (χ2n) is 4.63. The normalized spacial score (nSPS) is 17.6. The number of hydrogen-bond acceptors (Lipinski definition) is 2. The SMILES string of the molecule is CN(Cc1cc(F)ccc1Br)C1CCNCC1. The molecule has 1 aromatic rings. The number of piperidine rings is 1. The smallest absolute Gasteiger partial charge is 0.123 e. The first-order chi connectivity index (χ1) is 8.16. The van der Waals surface area contributed by atoms with Gasteiger partial charge in [0.15, 0.2) is 0 Å². The Balaban J connectivity index is 2.01. The molecule has 0 bridgehead atoms. The van der Waals surface area contributed by atoms with Gasteiger partial charge in [0.2, 0.25) is 0 Å². The highest BCUT2D eigenvalue weighted by Crippen LogP contribution is 2.21. The maximum Gasteiger partial charge on any atom is 0.123 e. The zero-order valence-corrected chi connectivity index (χ0v) is 11.6. The standard InChI is InChI=1S/C13H18BrFN2/c1-17(12-4-6-16-7-5-12)9-10-8-11(15)2-3-13(10)14/h2-3,8,12,16H,4-7,9H2,1H3. The summed E-state index contributed by atoms with van der Waals surface area (Å²) in [6, 6.07) is 5.48. The second kappa shape index (κ2) is 5.94. The van der Waals surface area contributed by atoms with E-state index in [1.807, 2.05) is 0 Å². The van der Waals surface area contributed by atoms with Crippen molar-refractivity contribution in [3.8, 4) is 0 Å². The van der Waals surface area contributed by atoms with Crippen molar-refractivity contribution in [1.82, 2.24) is 10.2 Å². The summed E-state index contributed by atoms with van der Waals surface area (Å²) in [5.41, 5.74) is 1.02. The van der Waals surface area contributed by atoms with E-state index in [1.165, 1.54) is 18.9 Å². The van der Waals surface area contributed by atoms with E-state index in [-0.39, 0.29) is 5.82 Å². The van der Waals surface area contributed by atoms with Crippen LogP contribution in [0.2, 0.25) is 0 Å². The lowest BCUT2D eigenvalue weighted by atomic mass is 10.0. The molecule has 1 aliphatic heterocycles. The highest BCUT2D eigenvalue weighted by Gasteiger charge is 2.18. The molecule has 2 rings (SSSR count). The van der Waals surface area contributed by atoms with Crippen LogP contribution in [0.5, 0.6) is 0 Å². The van der Waals surface area contributed by atoms with Crippen molar-refractivity contribution in [2.45, 2.75) is 25.4 Å². The van der Waals surface area contributed by atoms with Crippen molar-refractivity contribution in [3.05, 3.63) is 34.1 Å². The maximum atomic E-state index is 13.2. The van der Waals surface area contributed by atoms with E-state index < -0.39 is 0 Å². The minimum atomic E-state index is -0.165. The van der Waals surface area contributed by atoms with Gasteiger partial charge < -0.3 is 5.32 Å². The van der Waals surface area contributed by atoms with Crippen LogP contribution in [0.1, 0.15) is 18.4 Å². The van der Waals surface area contributed by atoms with Crippen LogP contribution in [-0.2, 0) is 6.54 Å². The Hall–Kier alpha value is -0.450. The Morgan fingerprint density at radius 1 is 1.41 bits per heavy atom. The molecular weight excluding hydrogens is 283 g/mol. The van der Waals surface area contributed by atoms with E-state index in [9.17, 15) is 4.39 Å². The summed E-state index contributed by atoms with van der Waals surface area (Å²) in [7, 11) is 2.12. The summed E-state index contributed by atoms with van der Waals surface area (Å²) < 4.78 is 14.2. The largest absolute Gasteiger partial charge is 0.317 e. The van der Waals surface area contributed by atoms with Crippen LogP contribution >= 0.6 is 15.9 Å². The van der Waals surface area contributed by atoms with Gasteiger partial charge in [0, 0.05) is 17.1 Å². The molecule has 0 aromatic heterocycles. The lowest BCUT2D eigenvalue weighted by Gasteiger charge is -2.31. The second-order valence-corrected chi connectivity index (χ2v) is 5.49. The Bertz CT molecular complexity index is 378. The van der Waals surface area contributed by atoms with Crippen LogP contribution in [0.15, 0.2) is 22.7 Å². The third kappa shape index (κ3) is 3.50. The van der Waals surface area contributed by atoms with Crippen molar-refractivity contribution in [2.75, 3.05) is 20.1 Å². The molecule has 0 saturated carbocycles. The number of rotatable bonds is 3. The van der Waals surface area contributed by atoms with Gasteiger partial charge in [0.1, 0.15) is 5.82 Å². The topological polar surface area (TPSA) is 15.3 Å². The molecule has 1 N–H and O–H groups in total. The van der Waals surface area contributed by atoms with Gasteiger partial charge in [-0.1, -0.05) is 15.9 Å². The molecule has 0 amide bonds. The minimum Gasteiger partial charge on any atom is -0.317 e. The molecule has 1 saturated heterocycles. The van der Waals surface area contributed by atoms with Crippen LogP contribution in [0.3, 0.4) is 0 Å². The van der Waals surface area contributed by atoms with Gasteiger partial charge in [0.05, 0.1) is 0 Å². The van der Waals surface area contributed by atoms with Gasteiger partial charge in [0.25, 0.3) is 0 Å². The zero-order chi connectivity index (χ0) is 12.3. The summed E-state index contributed by atoms with van der Waals surface area (Å²) in [6.45, 7) is 2.96. The molecular formula is C13H18BrFN2. The average molecular weight is 301 g/mol. The van der Waals surface area contributed by atoms with Gasteiger partial charge >= 0.3 is 0 Å². The summed E-state index contributed by atoms with van der Waals surface area (Å²) >= 11 is 3.48. The van der Waals surface area contributed by atoms with Crippen molar-refractivity contribution >= 4 is 15.9 Å². The van der Waals surface area contributed by atoms with E-state index in [2.05, 4.69) is 33.2 Å². The lowest BCUT2D eigenvalue weighted by Crippen LogP contribution is -2.40. The highest BCUT2D eigenvalue weighted by atomic mass is 79.9. The van der Waals surface area contributed by atoms with E-state index >= 15 is 0 Å². The molecule has 1 aromatic carbocycles. The Morgan fingerprint density at radius 2 is 2.12 bits per heavy atom. The predicted octanol–water partition coefficient (Wildman–Crippen LogP) is 2.77. The first-order valence-electron chi connectivity index (χ1n) is 6.01. The molecule has 0 atom stereocenters. The Kier molecular flexibility index (Phi) is 4.54. The predicted molar refractivity (Wildman–Crippen MR) is 71.5 cm³/mol. The fourth-order valence-electron chi connectivity index (χ4n) is 2.31. The molecule has 0 aliphatic carbocycles. The van der Waals surface area contributed by atoms with Gasteiger partial charge in [-0.3, -0.25) is 4.90 Å². The van der Waals surface area contributed by atoms with Gasteiger partial charge in [-0.25, -0.2) is 4.39 Å². The summed E-state index contributed by atoms with van der Waals surface area (Å²) in [5.74, 6) is -0.165. The molecule has 94 valence electrons. The third-order valence-electron chi connectivity index (χ3n) is 3.36. The first kappa shape index (κ1) is 13.0. The molecule has 0 radical (unpaired) electrons. The van der Waals surface area contributed by atoms with E-state index in [0.717, 1.165) is 29.7 Å². The molecule has 0 spiro atoms. The van der Waals surface area contributed by atoms with Crippen LogP contribution in [0, 0.1) is 5.82 Å². The summed E-state index contributed by atoms with van der Waals surface area (Å²) in [4.78, 5) is 2.32. The van der Waals surface area contributed by atoms with E-state index in [0.29, 0.717) is 6.04 Å². The van der Waals surface area contributed by atoms with E-state index in [1.54, 1.807) is 12.1 Å². The first-order valence-corrected chi connectivity index (χ1v) is 6.81. The lowest BCUT2D eigenvalue weighted by molar-refractivity contribution is 0.191. The van der Waals surface area contributed by atoms with Gasteiger partial charge in [-0.2, -0.15) is 0 Å². The summed E-state index contributed by atoms with van der Waals surface area (Å²) in [6.07, 6.45) is 2.34. The highest BCUT2D eigenvalue weighted by molar-refractivity contribution is 9.10. The van der Waals surface area contributed by atoms with Crippen LogP contribution in [-0.4, -0.2) is 31.1 Å². The van der Waals surface area contributed by atoms with Crippen molar-refractivity contribution in [1.29, 1.82) is 0 Å². The molecule has 1 heterocycles. The van der Waals surface area contributed by atoms with Crippen molar-refractivity contribution < 1.29 is 4.39 Å². The Labute approximate surface area is 110 Å². The number of benzene rings is 1. The van der Waals surface area contributed by atoms with Crippen LogP contribution in [0.4, 0.5) is 4.39 Å². The fraction of sp³-hybridized carbons (Fsp3) is 0.538. The zero-order valence-electron chi connectivity index (χ0n) is 10.0. The monoisotopic (exact) mass is 300 g/mol. The van der Waals surface area contributed by atoms with Crippen LogP contribution in [0.25, 0.3) is 0 Å². The van der Waals surface area contributed by atoms with Gasteiger partial charge in [-0.15, -0.1) is 0 Å². The molecule has 2 nitrogen and oxygen atoms in total. The number of hydrogen-bond donors (Lipinski definition) is 1. The molecule has 1 fully saturated rings. The number of nitrogens with one attached hydrogen (secondary N) is 1. The molecule has 0 unspecified atom stereocenters. The molecule has 17 heavy (non-hydrogen) atoms. The van der Waals surface area contributed by atoms with Gasteiger partial charge in [-0.05, 0) is 56.7 Å². The number of nitrogens with zero attached hydrogens (tertiary/aromatic N) is 1. The van der Waals surface area contributed by atoms with E-state index in [4.69, 9.17) is 0 Å². The molecule has 4 heteroatoms. The maximum absolute atomic E-state index is 13.2. The minimum absolute atomic E-state index is 0.165. The molecule has 1 aliphatic rings. The fourth-order valence-corrected chi connectivity index (χ4v) is 2.68.